The number of thiazole rings is 1. The predicted octanol–water partition coefficient (Wildman–Crippen LogP) is 3.99. The molecule has 0 radical (unpaired) electrons. The van der Waals surface area contributed by atoms with Gasteiger partial charge >= 0.3 is 12.0 Å². The largest absolute Gasteiger partial charge is 0.494 e. The molecule has 0 saturated carbocycles. The molecule has 7 nitrogen and oxygen atoms in total. The van der Waals surface area contributed by atoms with Crippen molar-refractivity contribution in [3.05, 3.63) is 34.8 Å². The summed E-state index contributed by atoms with van der Waals surface area (Å²) < 4.78 is 10.2. The summed E-state index contributed by atoms with van der Waals surface area (Å²) in [5, 5.41) is 5.84. The van der Waals surface area contributed by atoms with Crippen LogP contribution in [0, 0.1) is 6.92 Å². The zero-order chi connectivity index (χ0) is 18.9. The number of urea groups is 1. The second-order valence-electron chi connectivity index (χ2n) is 5.59. The third kappa shape index (κ3) is 6.03. The molecule has 1 aromatic heterocycles. The minimum absolute atomic E-state index is 0.142. The van der Waals surface area contributed by atoms with Gasteiger partial charge in [0.1, 0.15) is 5.75 Å². The van der Waals surface area contributed by atoms with E-state index in [0.717, 1.165) is 23.5 Å². The van der Waals surface area contributed by atoms with Crippen LogP contribution in [0.15, 0.2) is 24.3 Å². The smallest absolute Gasteiger partial charge is 0.325 e. The fourth-order valence-corrected chi connectivity index (χ4v) is 3.02. The summed E-state index contributed by atoms with van der Waals surface area (Å²) in [6, 6.07) is 6.77. The highest BCUT2D eigenvalue weighted by atomic mass is 32.1. The van der Waals surface area contributed by atoms with E-state index in [4.69, 9.17) is 4.74 Å². The molecule has 2 aromatic rings. The summed E-state index contributed by atoms with van der Waals surface area (Å²) in [5.41, 5.74) is 1.35. The van der Waals surface area contributed by atoms with Crippen molar-refractivity contribution in [1.82, 2.24) is 4.98 Å². The number of aromatic nitrogens is 1. The Labute approximate surface area is 156 Å². The van der Waals surface area contributed by atoms with Crippen LogP contribution in [0.25, 0.3) is 0 Å². The minimum Gasteiger partial charge on any atom is -0.494 e. The van der Waals surface area contributed by atoms with Gasteiger partial charge in [0.25, 0.3) is 0 Å². The van der Waals surface area contributed by atoms with E-state index in [0.29, 0.717) is 23.1 Å². The number of amides is 2. The highest BCUT2D eigenvalue weighted by Gasteiger charge is 2.13. The van der Waals surface area contributed by atoms with Crippen LogP contribution >= 0.6 is 11.3 Å². The number of esters is 1. The Kier molecular flexibility index (Phi) is 7.40. The Balaban J connectivity index is 1.88. The van der Waals surface area contributed by atoms with Gasteiger partial charge in [-0.3, -0.25) is 10.1 Å². The number of rotatable bonds is 8. The maximum atomic E-state index is 12.1. The first-order valence-electron chi connectivity index (χ1n) is 8.35. The molecule has 26 heavy (non-hydrogen) atoms. The summed E-state index contributed by atoms with van der Waals surface area (Å²) in [6.45, 7) is 4.58. The number of ether oxygens (including phenoxy) is 2. The van der Waals surface area contributed by atoms with Crippen molar-refractivity contribution in [3.8, 4) is 5.75 Å². The maximum absolute atomic E-state index is 12.1. The molecule has 0 spiro atoms. The summed E-state index contributed by atoms with van der Waals surface area (Å²) in [7, 11) is 1.34. The molecule has 0 aliphatic heterocycles. The van der Waals surface area contributed by atoms with Crippen LogP contribution in [0.3, 0.4) is 0 Å². The molecule has 0 bridgehead atoms. The molecule has 1 heterocycles. The summed E-state index contributed by atoms with van der Waals surface area (Å²) in [5.74, 6) is 0.432. The SMILES string of the molecule is CCCCOc1ccc(NC(=O)Nc2nc(C)c(CC(=O)OC)s2)cc1. The lowest BCUT2D eigenvalue weighted by atomic mass is 10.3. The topological polar surface area (TPSA) is 89.5 Å². The Bertz CT molecular complexity index is 743. The Morgan fingerprint density at radius 1 is 1.19 bits per heavy atom. The molecular formula is C18H23N3O4S. The second-order valence-corrected chi connectivity index (χ2v) is 6.67. The van der Waals surface area contributed by atoms with Gasteiger partial charge in [0, 0.05) is 10.6 Å². The molecule has 2 amide bonds. The Morgan fingerprint density at radius 2 is 1.92 bits per heavy atom. The molecule has 1 aromatic carbocycles. The van der Waals surface area contributed by atoms with E-state index in [1.54, 1.807) is 19.1 Å². The van der Waals surface area contributed by atoms with E-state index in [9.17, 15) is 9.59 Å². The van der Waals surface area contributed by atoms with Crippen molar-refractivity contribution in [1.29, 1.82) is 0 Å². The van der Waals surface area contributed by atoms with Gasteiger partial charge in [0.15, 0.2) is 5.13 Å². The van der Waals surface area contributed by atoms with Crippen molar-refractivity contribution in [2.75, 3.05) is 24.4 Å². The first-order chi connectivity index (χ1) is 12.5. The van der Waals surface area contributed by atoms with E-state index in [1.807, 2.05) is 12.1 Å². The van der Waals surface area contributed by atoms with Gasteiger partial charge in [-0.1, -0.05) is 13.3 Å². The van der Waals surface area contributed by atoms with E-state index in [-0.39, 0.29) is 12.4 Å². The van der Waals surface area contributed by atoms with E-state index in [1.165, 1.54) is 18.4 Å². The third-order valence-corrected chi connectivity index (χ3v) is 4.60. The average molecular weight is 377 g/mol. The van der Waals surface area contributed by atoms with Crippen molar-refractivity contribution in [2.45, 2.75) is 33.1 Å². The van der Waals surface area contributed by atoms with E-state index in [2.05, 4.69) is 27.3 Å². The zero-order valence-electron chi connectivity index (χ0n) is 15.1. The van der Waals surface area contributed by atoms with Crippen molar-refractivity contribution >= 4 is 34.2 Å². The molecule has 0 fully saturated rings. The number of carbonyl (C=O) groups is 2. The first kappa shape index (κ1) is 19.7. The fraction of sp³-hybridized carbons (Fsp3) is 0.389. The van der Waals surface area contributed by atoms with Crippen molar-refractivity contribution in [3.63, 3.8) is 0 Å². The van der Waals surface area contributed by atoms with Gasteiger partial charge in [-0.05, 0) is 37.6 Å². The van der Waals surface area contributed by atoms with Gasteiger partial charge in [-0.25, -0.2) is 9.78 Å². The molecule has 0 unspecified atom stereocenters. The van der Waals surface area contributed by atoms with E-state index >= 15 is 0 Å². The zero-order valence-corrected chi connectivity index (χ0v) is 15.9. The quantitative estimate of drug-likeness (QED) is 0.536. The molecule has 0 aliphatic rings. The van der Waals surface area contributed by atoms with Crippen LogP contribution in [0.4, 0.5) is 15.6 Å². The molecule has 0 saturated heterocycles. The van der Waals surface area contributed by atoms with Crippen LogP contribution in [0.2, 0.25) is 0 Å². The van der Waals surface area contributed by atoms with Gasteiger partial charge in [0.2, 0.25) is 0 Å². The standard InChI is InChI=1S/C18H23N3O4S/c1-4-5-10-25-14-8-6-13(7-9-14)20-17(23)21-18-19-12(2)15(26-18)11-16(22)24-3/h6-9H,4-5,10-11H2,1-3H3,(H2,19,20,21,23). The van der Waals surface area contributed by atoms with Crippen LogP contribution in [0.5, 0.6) is 5.75 Å². The van der Waals surface area contributed by atoms with Crippen LogP contribution < -0.4 is 15.4 Å². The second kappa shape index (κ2) is 9.76. The lowest BCUT2D eigenvalue weighted by Gasteiger charge is -2.08. The number of methoxy groups -OCH3 is 1. The lowest BCUT2D eigenvalue weighted by Crippen LogP contribution is -2.19. The number of unbranched alkanes of at least 4 members (excludes halogenated alkanes) is 1. The monoisotopic (exact) mass is 377 g/mol. The number of anilines is 2. The molecule has 140 valence electrons. The lowest BCUT2D eigenvalue weighted by molar-refractivity contribution is -0.139. The summed E-state index contributed by atoms with van der Waals surface area (Å²) in [4.78, 5) is 28.5. The average Bonchev–Trinajstić information content (AvgIpc) is 2.95. The predicted molar refractivity (Wildman–Crippen MR) is 102 cm³/mol. The van der Waals surface area contributed by atoms with E-state index < -0.39 is 6.03 Å². The van der Waals surface area contributed by atoms with Crippen molar-refractivity contribution in [2.24, 2.45) is 0 Å². The molecule has 2 rings (SSSR count). The number of nitrogens with one attached hydrogen (secondary N) is 2. The van der Waals surface area contributed by atoms with Crippen LogP contribution in [0.1, 0.15) is 30.3 Å². The normalized spacial score (nSPS) is 10.3. The fourth-order valence-electron chi connectivity index (χ4n) is 2.08. The molecule has 0 aliphatic carbocycles. The van der Waals surface area contributed by atoms with Crippen molar-refractivity contribution < 1.29 is 19.1 Å². The maximum Gasteiger partial charge on any atom is 0.325 e. The summed E-state index contributed by atoms with van der Waals surface area (Å²) >= 11 is 1.25. The number of nitrogens with zero attached hydrogens (tertiary/aromatic N) is 1. The summed E-state index contributed by atoms with van der Waals surface area (Å²) in [6.07, 6.45) is 2.23. The first-order valence-corrected chi connectivity index (χ1v) is 9.17. The Hall–Kier alpha value is -2.61. The van der Waals surface area contributed by atoms with Gasteiger partial charge in [-0.2, -0.15) is 0 Å². The number of hydrogen-bond donors (Lipinski definition) is 2. The highest BCUT2D eigenvalue weighted by Crippen LogP contribution is 2.23. The van der Waals surface area contributed by atoms with Crippen LogP contribution in [-0.2, 0) is 16.0 Å². The van der Waals surface area contributed by atoms with Gasteiger partial charge in [0.05, 0.1) is 25.8 Å². The van der Waals surface area contributed by atoms with Gasteiger partial charge < -0.3 is 14.8 Å². The van der Waals surface area contributed by atoms with Gasteiger partial charge in [-0.15, -0.1) is 11.3 Å². The number of carbonyl (C=O) groups excluding carboxylic acids is 2. The molecule has 8 heteroatoms. The number of hydrogen-bond acceptors (Lipinski definition) is 6. The van der Waals surface area contributed by atoms with Crippen LogP contribution in [-0.4, -0.2) is 30.7 Å². The molecular weight excluding hydrogens is 354 g/mol. The molecule has 0 atom stereocenters. The highest BCUT2D eigenvalue weighted by molar-refractivity contribution is 7.16. The molecule has 2 N–H and O–H groups in total. The number of benzene rings is 1. The minimum atomic E-state index is -0.400. The third-order valence-electron chi connectivity index (χ3n) is 3.52. The Morgan fingerprint density at radius 3 is 2.58 bits per heavy atom. The number of aryl methyl sites for hydroxylation is 1.